The molecule has 2 heteroatoms. The summed E-state index contributed by atoms with van der Waals surface area (Å²) in [6.45, 7) is 8.30. The van der Waals surface area contributed by atoms with E-state index in [1.54, 1.807) is 0 Å². The molecule has 0 heterocycles. The van der Waals surface area contributed by atoms with Crippen LogP contribution in [0.4, 0.5) is 0 Å². The Morgan fingerprint density at radius 1 is 1.50 bits per heavy atom. The van der Waals surface area contributed by atoms with Crippen LogP contribution in [0.5, 0.6) is 0 Å². The first-order chi connectivity index (χ1) is 3.56. The van der Waals surface area contributed by atoms with Crippen molar-refractivity contribution in [2.24, 2.45) is 0 Å². The normalized spacial score (nSPS) is 12.0. The third kappa shape index (κ3) is 6.31. The summed E-state index contributed by atoms with van der Waals surface area (Å²) in [7, 11) is 0. The molecule has 0 aliphatic heterocycles. The Hall–Kier alpha value is 0.310. The molecule has 8 heavy (non-hydrogen) atoms. The van der Waals surface area contributed by atoms with Gasteiger partial charge >= 0.3 is 0 Å². The highest BCUT2D eigenvalue weighted by Crippen LogP contribution is 2.08. The Morgan fingerprint density at radius 3 is 2.12 bits per heavy atom. The molecule has 50 valence electrons. The first-order valence-electron chi connectivity index (χ1n) is 2.99. The van der Waals surface area contributed by atoms with Gasteiger partial charge in [-0.3, -0.25) is 0 Å². The average molecular weight is 133 g/mol. The van der Waals surface area contributed by atoms with Crippen molar-refractivity contribution in [3.8, 4) is 0 Å². The minimum Gasteiger partial charge on any atom is -0.316 e. The van der Waals surface area contributed by atoms with Gasteiger partial charge in [0, 0.05) is 11.3 Å². The van der Waals surface area contributed by atoms with Crippen LogP contribution in [0.1, 0.15) is 20.8 Å². The Labute approximate surface area is 57.3 Å². The van der Waals surface area contributed by atoms with Gasteiger partial charge in [-0.15, -0.1) is 0 Å². The van der Waals surface area contributed by atoms with Gasteiger partial charge < -0.3 is 5.32 Å². The van der Waals surface area contributed by atoms with Crippen molar-refractivity contribution in [3.63, 3.8) is 0 Å². The van der Waals surface area contributed by atoms with Crippen LogP contribution in [0.2, 0.25) is 0 Å². The third-order valence-electron chi connectivity index (χ3n) is 0.808. The Balaban J connectivity index is 3.11. The average Bonchev–Trinajstić information content (AvgIpc) is 1.59. The van der Waals surface area contributed by atoms with E-state index in [1.165, 1.54) is 0 Å². The van der Waals surface area contributed by atoms with Crippen molar-refractivity contribution in [2.75, 3.05) is 13.1 Å². The summed E-state index contributed by atoms with van der Waals surface area (Å²) >= 11 is 4.33. The molecular formula is C6H15NS. The smallest absolute Gasteiger partial charge is 0.0198 e. The van der Waals surface area contributed by atoms with Crippen LogP contribution in [0.3, 0.4) is 0 Å². The minimum atomic E-state index is 0.135. The highest BCUT2D eigenvalue weighted by Gasteiger charge is 2.08. The zero-order valence-corrected chi connectivity index (χ0v) is 6.76. The van der Waals surface area contributed by atoms with E-state index in [-0.39, 0.29) is 4.75 Å². The second-order valence-corrected chi connectivity index (χ2v) is 3.80. The molecule has 0 rings (SSSR count). The lowest BCUT2D eigenvalue weighted by molar-refractivity contribution is 0.611. The molecule has 0 aromatic rings. The summed E-state index contributed by atoms with van der Waals surface area (Å²) in [5, 5.41) is 3.21. The number of nitrogens with one attached hydrogen (secondary N) is 1. The van der Waals surface area contributed by atoms with E-state index in [1.807, 2.05) is 0 Å². The molecule has 0 fully saturated rings. The summed E-state index contributed by atoms with van der Waals surface area (Å²) in [5.74, 6) is 0. The van der Waals surface area contributed by atoms with E-state index in [0.717, 1.165) is 13.1 Å². The molecule has 1 N–H and O–H groups in total. The quantitative estimate of drug-likeness (QED) is 0.553. The van der Waals surface area contributed by atoms with Gasteiger partial charge in [0.1, 0.15) is 0 Å². The van der Waals surface area contributed by atoms with E-state index in [4.69, 9.17) is 0 Å². The maximum Gasteiger partial charge on any atom is 0.0198 e. The molecule has 0 saturated carbocycles. The predicted molar refractivity (Wildman–Crippen MR) is 41.6 cm³/mol. The summed E-state index contributed by atoms with van der Waals surface area (Å²) in [6, 6.07) is 0. The van der Waals surface area contributed by atoms with Gasteiger partial charge in [-0.1, -0.05) is 6.92 Å². The maximum atomic E-state index is 4.33. The fourth-order valence-corrected chi connectivity index (χ4v) is 0.543. The van der Waals surface area contributed by atoms with Crippen LogP contribution in [0.25, 0.3) is 0 Å². The monoisotopic (exact) mass is 133 g/mol. The molecule has 0 aromatic carbocycles. The third-order valence-corrected chi connectivity index (χ3v) is 0.966. The zero-order chi connectivity index (χ0) is 6.62. The van der Waals surface area contributed by atoms with Crippen molar-refractivity contribution >= 4 is 12.6 Å². The second-order valence-electron chi connectivity index (χ2n) is 2.59. The number of rotatable bonds is 3. The Kier molecular flexibility index (Phi) is 3.49. The van der Waals surface area contributed by atoms with E-state index >= 15 is 0 Å². The van der Waals surface area contributed by atoms with Gasteiger partial charge in [0.05, 0.1) is 0 Å². The summed E-state index contributed by atoms with van der Waals surface area (Å²) < 4.78 is 0.135. The van der Waals surface area contributed by atoms with Crippen molar-refractivity contribution < 1.29 is 0 Å². The molecule has 0 spiro atoms. The van der Waals surface area contributed by atoms with Gasteiger partial charge in [-0.25, -0.2) is 0 Å². The molecular weight excluding hydrogens is 118 g/mol. The SMILES string of the molecule is CCNCC(C)(C)S. The lowest BCUT2D eigenvalue weighted by Crippen LogP contribution is -2.29. The van der Waals surface area contributed by atoms with Crippen molar-refractivity contribution in [1.82, 2.24) is 5.32 Å². The summed E-state index contributed by atoms with van der Waals surface area (Å²) in [4.78, 5) is 0. The molecule has 0 saturated heterocycles. The van der Waals surface area contributed by atoms with E-state index in [0.29, 0.717) is 0 Å². The van der Waals surface area contributed by atoms with E-state index < -0.39 is 0 Å². The van der Waals surface area contributed by atoms with Crippen LogP contribution in [0.15, 0.2) is 0 Å². The predicted octanol–water partition coefficient (Wildman–Crippen LogP) is 1.30. The van der Waals surface area contributed by atoms with Gasteiger partial charge in [0.25, 0.3) is 0 Å². The van der Waals surface area contributed by atoms with E-state index in [2.05, 4.69) is 38.7 Å². The van der Waals surface area contributed by atoms with Crippen LogP contribution in [-0.4, -0.2) is 17.8 Å². The highest BCUT2D eigenvalue weighted by molar-refractivity contribution is 7.81. The molecule has 0 aliphatic carbocycles. The van der Waals surface area contributed by atoms with Crippen LogP contribution in [0, 0.1) is 0 Å². The minimum absolute atomic E-state index is 0.135. The number of thiol groups is 1. The van der Waals surface area contributed by atoms with Gasteiger partial charge in [0.15, 0.2) is 0 Å². The topological polar surface area (TPSA) is 12.0 Å². The maximum absolute atomic E-state index is 4.33. The first kappa shape index (κ1) is 8.31. The van der Waals surface area contributed by atoms with Crippen LogP contribution >= 0.6 is 12.6 Å². The largest absolute Gasteiger partial charge is 0.316 e. The molecule has 0 aliphatic rings. The Morgan fingerprint density at radius 2 is 2.00 bits per heavy atom. The standard InChI is InChI=1S/C6H15NS/c1-4-7-5-6(2,3)8/h7-8H,4-5H2,1-3H3. The van der Waals surface area contributed by atoms with E-state index in [9.17, 15) is 0 Å². The number of hydrogen-bond acceptors (Lipinski definition) is 2. The van der Waals surface area contributed by atoms with Crippen LogP contribution < -0.4 is 5.32 Å². The molecule has 0 unspecified atom stereocenters. The fraction of sp³-hybridized carbons (Fsp3) is 1.00. The molecule has 0 bridgehead atoms. The molecule has 1 nitrogen and oxygen atoms in total. The summed E-state index contributed by atoms with van der Waals surface area (Å²) in [6.07, 6.45) is 0. The van der Waals surface area contributed by atoms with Crippen molar-refractivity contribution in [3.05, 3.63) is 0 Å². The second kappa shape index (κ2) is 3.36. The Bertz CT molecular complexity index is 56.0. The van der Waals surface area contributed by atoms with Crippen molar-refractivity contribution in [2.45, 2.75) is 25.5 Å². The molecule has 0 atom stereocenters. The lowest BCUT2D eigenvalue weighted by Gasteiger charge is -2.16. The zero-order valence-electron chi connectivity index (χ0n) is 5.86. The van der Waals surface area contributed by atoms with Gasteiger partial charge in [0.2, 0.25) is 0 Å². The summed E-state index contributed by atoms with van der Waals surface area (Å²) in [5.41, 5.74) is 0. The fourth-order valence-electron chi connectivity index (χ4n) is 0.431. The van der Waals surface area contributed by atoms with Crippen LogP contribution in [-0.2, 0) is 0 Å². The van der Waals surface area contributed by atoms with Gasteiger partial charge in [-0.2, -0.15) is 12.6 Å². The molecule has 0 amide bonds. The molecule has 0 radical (unpaired) electrons. The first-order valence-corrected chi connectivity index (χ1v) is 3.44. The lowest BCUT2D eigenvalue weighted by atomic mass is 10.2. The highest BCUT2D eigenvalue weighted by atomic mass is 32.1. The van der Waals surface area contributed by atoms with Crippen molar-refractivity contribution in [1.29, 1.82) is 0 Å². The number of hydrogen-bond donors (Lipinski definition) is 2. The van der Waals surface area contributed by atoms with Gasteiger partial charge in [-0.05, 0) is 20.4 Å². The molecule has 0 aromatic heterocycles.